The molecule has 0 bridgehead atoms. The van der Waals surface area contributed by atoms with Crippen molar-refractivity contribution in [2.24, 2.45) is 0 Å². The molecule has 1 heterocycles. The molecule has 0 spiro atoms. The van der Waals surface area contributed by atoms with Crippen LogP contribution in [0.4, 0.5) is 0 Å². The van der Waals surface area contributed by atoms with Crippen molar-refractivity contribution in [3.8, 4) is 0 Å². The highest BCUT2D eigenvalue weighted by atomic mass is 16.5. The van der Waals surface area contributed by atoms with Crippen molar-refractivity contribution in [1.82, 2.24) is 10.2 Å². The van der Waals surface area contributed by atoms with Gasteiger partial charge in [0.1, 0.15) is 0 Å². The zero-order chi connectivity index (χ0) is 12.6. The van der Waals surface area contributed by atoms with Crippen LogP contribution in [0.3, 0.4) is 0 Å². The number of rotatable bonds is 7. The molecule has 1 aliphatic rings. The van der Waals surface area contributed by atoms with Crippen molar-refractivity contribution in [3.05, 3.63) is 35.4 Å². The summed E-state index contributed by atoms with van der Waals surface area (Å²) in [7, 11) is 1.74. The molecule has 100 valence electrons. The number of methoxy groups -OCH3 is 1. The van der Waals surface area contributed by atoms with Crippen LogP contribution in [0.2, 0.25) is 0 Å². The highest BCUT2D eigenvalue weighted by Crippen LogP contribution is 2.07. The zero-order valence-electron chi connectivity index (χ0n) is 11.3. The van der Waals surface area contributed by atoms with Gasteiger partial charge in [0, 0.05) is 26.7 Å². The van der Waals surface area contributed by atoms with Gasteiger partial charge in [-0.05, 0) is 37.1 Å². The Morgan fingerprint density at radius 2 is 2.00 bits per heavy atom. The van der Waals surface area contributed by atoms with Crippen LogP contribution < -0.4 is 5.32 Å². The Kier molecular flexibility index (Phi) is 5.65. The van der Waals surface area contributed by atoms with E-state index >= 15 is 0 Å². The normalized spacial score (nSPS) is 16.3. The quantitative estimate of drug-likeness (QED) is 0.747. The fraction of sp³-hybridized carbons (Fsp3) is 0.600. The van der Waals surface area contributed by atoms with Crippen molar-refractivity contribution in [1.29, 1.82) is 0 Å². The van der Waals surface area contributed by atoms with Gasteiger partial charge in [-0.1, -0.05) is 24.3 Å². The number of likely N-dealkylation sites (tertiary alicyclic amines) is 1. The molecule has 1 aliphatic heterocycles. The van der Waals surface area contributed by atoms with E-state index in [-0.39, 0.29) is 0 Å². The molecule has 1 aromatic carbocycles. The Balaban J connectivity index is 1.67. The Bertz CT molecular complexity index is 348. The summed E-state index contributed by atoms with van der Waals surface area (Å²) in [4.78, 5) is 2.54. The van der Waals surface area contributed by atoms with Crippen molar-refractivity contribution in [2.45, 2.75) is 26.0 Å². The van der Waals surface area contributed by atoms with Crippen LogP contribution >= 0.6 is 0 Å². The van der Waals surface area contributed by atoms with Crippen molar-refractivity contribution in [3.63, 3.8) is 0 Å². The first kappa shape index (κ1) is 13.5. The lowest BCUT2D eigenvalue weighted by Crippen LogP contribution is -2.29. The minimum Gasteiger partial charge on any atom is -0.380 e. The van der Waals surface area contributed by atoms with E-state index in [1.807, 2.05) is 0 Å². The number of benzene rings is 1. The number of nitrogens with one attached hydrogen (secondary N) is 1. The molecule has 1 N–H and O–H groups in total. The summed E-state index contributed by atoms with van der Waals surface area (Å²) in [6.45, 7) is 6.47. The fourth-order valence-electron chi connectivity index (χ4n) is 2.47. The average Bonchev–Trinajstić information content (AvgIpc) is 2.89. The van der Waals surface area contributed by atoms with Crippen molar-refractivity contribution in [2.75, 3.05) is 33.3 Å². The van der Waals surface area contributed by atoms with Gasteiger partial charge in [-0.3, -0.25) is 0 Å². The van der Waals surface area contributed by atoms with E-state index in [0.717, 1.165) is 13.1 Å². The van der Waals surface area contributed by atoms with Crippen LogP contribution in [-0.2, 0) is 17.9 Å². The average molecular weight is 248 g/mol. The summed E-state index contributed by atoms with van der Waals surface area (Å²) in [5.41, 5.74) is 2.59. The third-order valence-corrected chi connectivity index (χ3v) is 3.44. The van der Waals surface area contributed by atoms with Crippen LogP contribution in [0.1, 0.15) is 24.0 Å². The van der Waals surface area contributed by atoms with Crippen molar-refractivity contribution >= 4 is 0 Å². The third kappa shape index (κ3) is 4.41. The maximum Gasteiger partial charge on any atom is 0.0713 e. The predicted molar refractivity (Wildman–Crippen MR) is 74.5 cm³/mol. The van der Waals surface area contributed by atoms with E-state index in [1.54, 1.807) is 7.11 Å². The molecular formula is C15H24N2O. The van der Waals surface area contributed by atoms with Crippen LogP contribution in [0.15, 0.2) is 24.3 Å². The molecule has 3 heteroatoms. The molecule has 1 aromatic rings. The third-order valence-electron chi connectivity index (χ3n) is 3.44. The molecule has 18 heavy (non-hydrogen) atoms. The van der Waals surface area contributed by atoms with Crippen molar-refractivity contribution < 1.29 is 4.74 Å². The number of ether oxygens (including phenoxy) is 1. The lowest BCUT2D eigenvalue weighted by molar-refractivity contribution is 0.185. The van der Waals surface area contributed by atoms with E-state index < -0.39 is 0 Å². The van der Waals surface area contributed by atoms with Gasteiger partial charge < -0.3 is 15.0 Å². The Morgan fingerprint density at radius 1 is 1.22 bits per heavy atom. The maximum atomic E-state index is 5.15. The highest BCUT2D eigenvalue weighted by molar-refractivity contribution is 5.22. The number of hydrogen-bond donors (Lipinski definition) is 1. The molecule has 0 unspecified atom stereocenters. The van der Waals surface area contributed by atoms with E-state index in [9.17, 15) is 0 Å². The molecule has 0 atom stereocenters. The van der Waals surface area contributed by atoms with Crippen LogP contribution in [0.5, 0.6) is 0 Å². The second-order valence-corrected chi connectivity index (χ2v) is 4.98. The Labute approximate surface area is 110 Å². The van der Waals surface area contributed by atoms with Crippen LogP contribution in [0, 0.1) is 0 Å². The zero-order valence-corrected chi connectivity index (χ0v) is 11.3. The van der Waals surface area contributed by atoms with Gasteiger partial charge in [0.25, 0.3) is 0 Å². The largest absolute Gasteiger partial charge is 0.380 e. The molecule has 2 rings (SSSR count). The van der Waals surface area contributed by atoms with Gasteiger partial charge in [0.15, 0.2) is 0 Å². The second kappa shape index (κ2) is 7.52. The second-order valence-electron chi connectivity index (χ2n) is 4.98. The van der Waals surface area contributed by atoms with Crippen LogP contribution in [0.25, 0.3) is 0 Å². The fourth-order valence-corrected chi connectivity index (χ4v) is 2.47. The van der Waals surface area contributed by atoms with Gasteiger partial charge in [-0.15, -0.1) is 0 Å². The molecule has 1 fully saturated rings. The SMILES string of the molecule is COCc1cccc(CNCCN2CCCC2)c1. The lowest BCUT2D eigenvalue weighted by Gasteiger charge is -2.14. The first-order chi connectivity index (χ1) is 8.88. The van der Waals surface area contributed by atoms with Gasteiger partial charge in [-0.2, -0.15) is 0 Å². The van der Waals surface area contributed by atoms with E-state index in [0.29, 0.717) is 6.61 Å². The van der Waals surface area contributed by atoms with Gasteiger partial charge in [0.2, 0.25) is 0 Å². The van der Waals surface area contributed by atoms with Gasteiger partial charge in [-0.25, -0.2) is 0 Å². The summed E-state index contributed by atoms with van der Waals surface area (Å²) in [6.07, 6.45) is 2.75. The summed E-state index contributed by atoms with van der Waals surface area (Å²) in [5.74, 6) is 0. The minimum atomic E-state index is 0.696. The molecule has 0 radical (unpaired) electrons. The monoisotopic (exact) mass is 248 g/mol. The van der Waals surface area contributed by atoms with Gasteiger partial charge >= 0.3 is 0 Å². The molecular weight excluding hydrogens is 224 g/mol. The molecule has 0 aromatic heterocycles. The first-order valence-electron chi connectivity index (χ1n) is 6.88. The number of hydrogen-bond acceptors (Lipinski definition) is 3. The topological polar surface area (TPSA) is 24.5 Å². The molecule has 0 aliphatic carbocycles. The molecule has 3 nitrogen and oxygen atoms in total. The van der Waals surface area contributed by atoms with Crippen LogP contribution in [-0.4, -0.2) is 38.2 Å². The van der Waals surface area contributed by atoms with Gasteiger partial charge in [0.05, 0.1) is 6.61 Å². The highest BCUT2D eigenvalue weighted by Gasteiger charge is 2.09. The Morgan fingerprint density at radius 3 is 2.78 bits per heavy atom. The standard InChI is InChI=1S/C15H24N2O/c1-18-13-15-6-4-5-14(11-15)12-16-7-10-17-8-2-3-9-17/h4-6,11,16H,2-3,7-10,12-13H2,1H3. The summed E-state index contributed by atoms with van der Waals surface area (Å²) >= 11 is 0. The number of nitrogens with zero attached hydrogens (tertiary/aromatic N) is 1. The summed E-state index contributed by atoms with van der Waals surface area (Å²) < 4.78 is 5.15. The molecule has 0 amide bonds. The molecule has 0 saturated carbocycles. The molecule has 1 saturated heterocycles. The maximum absolute atomic E-state index is 5.15. The Hall–Kier alpha value is -0.900. The van der Waals surface area contributed by atoms with E-state index in [4.69, 9.17) is 4.74 Å². The summed E-state index contributed by atoms with van der Waals surface area (Å²) in [5, 5.41) is 3.52. The smallest absolute Gasteiger partial charge is 0.0713 e. The van der Waals surface area contributed by atoms with E-state index in [2.05, 4.69) is 34.5 Å². The lowest BCUT2D eigenvalue weighted by atomic mass is 10.1. The predicted octanol–water partition coefficient (Wildman–Crippen LogP) is 2.02. The summed E-state index contributed by atoms with van der Waals surface area (Å²) in [6, 6.07) is 8.59. The minimum absolute atomic E-state index is 0.696. The first-order valence-corrected chi connectivity index (χ1v) is 6.88. The van der Waals surface area contributed by atoms with E-state index in [1.165, 1.54) is 43.6 Å².